The third-order valence-corrected chi connectivity index (χ3v) is 5.93. The van der Waals surface area contributed by atoms with Gasteiger partial charge in [0.25, 0.3) is 0 Å². The first-order chi connectivity index (χ1) is 20.5. The van der Waals surface area contributed by atoms with Gasteiger partial charge in [-0.3, -0.25) is 33.6 Å². The van der Waals surface area contributed by atoms with E-state index < -0.39 is 116 Å². The van der Waals surface area contributed by atoms with Gasteiger partial charge in [0.15, 0.2) is 0 Å². The van der Waals surface area contributed by atoms with Crippen LogP contribution in [0, 0.1) is 0 Å². The van der Waals surface area contributed by atoms with Gasteiger partial charge in [0.1, 0.15) is 30.2 Å². The fourth-order valence-electron chi connectivity index (χ4n) is 3.43. The quantitative estimate of drug-likeness (QED) is 0.0493. The lowest BCUT2D eigenvalue weighted by Crippen LogP contribution is -2.59. The van der Waals surface area contributed by atoms with Crippen LogP contribution < -0.4 is 38.1 Å². The van der Waals surface area contributed by atoms with Gasteiger partial charge in [-0.15, -0.1) is 0 Å². The minimum atomic E-state index is -1.77. The van der Waals surface area contributed by atoms with Crippen LogP contribution in [0.4, 0.5) is 0 Å². The number of nitrogens with one attached hydrogen (secondary N) is 5. The van der Waals surface area contributed by atoms with E-state index in [1.54, 1.807) is 0 Å². The van der Waals surface area contributed by atoms with Crippen LogP contribution in [-0.4, -0.2) is 129 Å². The van der Waals surface area contributed by atoms with E-state index in [2.05, 4.69) is 16.0 Å². The molecule has 0 bridgehead atoms. The zero-order chi connectivity index (χ0) is 34.0. The molecule has 20 heteroatoms. The summed E-state index contributed by atoms with van der Waals surface area (Å²) in [6.07, 6.45) is -2.44. The molecule has 5 amide bonds. The Morgan fingerprint density at radius 2 is 1.27 bits per heavy atom. The van der Waals surface area contributed by atoms with Gasteiger partial charge >= 0.3 is 17.9 Å². The van der Waals surface area contributed by atoms with E-state index in [1.165, 1.54) is 6.92 Å². The number of rotatable bonds is 22. The molecule has 250 valence electrons. The summed E-state index contributed by atoms with van der Waals surface area (Å²) in [5, 5.41) is 56.9. The number of aliphatic hydroxyl groups excluding tert-OH is 2. The van der Waals surface area contributed by atoms with E-state index in [-0.39, 0.29) is 6.42 Å². The van der Waals surface area contributed by atoms with Crippen molar-refractivity contribution in [1.82, 2.24) is 26.6 Å². The van der Waals surface area contributed by atoms with E-state index in [0.717, 1.165) is 0 Å². The highest BCUT2D eigenvalue weighted by molar-refractivity contribution is 5.96. The van der Waals surface area contributed by atoms with Gasteiger partial charge in [-0.2, -0.15) is 0 Å². The fourth-order valence-corrected chi connectivity index (χ4v) is 3.43. The Morgan fingerprint density at radius 1 is 0.705 bits per heavy atom. The van der Waals surface area contributed by atoms with Crippen molar-refractivity contribution in [3.8, 4) is 0 Å². The summed E-state index contributed by atoms with van der Waals surface area (Å²) in [7, 11) is 0. The number of carbonyl (C=O) groups excluding carboxylic acids is 5. The Hall–Kier alpha value is -4.40. The molecule has 0 aromatic rings. The topological polar surface area (TPSA) is 350 Å². The number of carboxylic acids is 3. The molecule has 0 fully saturated rings. The van der Waals surface area contributed by atoms with Crippen LogP contribution in [0.2, 0.25) is 0 Å². The van der Waals surface area contributed by atoms with Crippen molar-refractivity contribution in [3.63, 3.8) is 0 Å². The molecular formula is C24H41N7O13. The van der Waals surface area contributed by atoms with Crippen molar-refractivity contribution < 1.29 is 63.9 Å². The van der Waals surface area contributed by atoms with Crippen LogP contribution in [0.25, 0.3) is 0 Å². The zero-order valence-electron chi connectivity index (χ0n) is 24.0. The normalized spacial score (nSPS) is 14.8. The lowest BCUT2D eigenvalue weighted by molar-refractivity contribution is -0.143. The monoisotopic (exact) mass is 635 g/mol. The first kappa shape index (κ1) is 39.6. The van der Waals surface area contributed by atoms with Crippen molar-refractivity contribution in [2.75, 3.05) is 19.7 Å². The van der Waals surface area contributed by atoms with Crippen molar-refractivity contribution in [2.45, 2.75) is 81.8 Å². The molecule has 14 N–H and O–H groups in total. The second-order valence-electron chi connectivity index (χ2n) is 9.62. The summed E-state index contributed by atoms with van der Waals surface area (Å²) < 4.78 is 0. The first-order valence-corrected chi connectivity index (χ1v) is 13.4. The second-order valence-corrected chi connectivity index (χ2v) is 9.62. The van der Waals surface area contributed by atoms with Gasteiger partial charge in [-0.25, -0.2) is 4.79 Å². The van der Waals surface area contributed by atoms with E-state index >= 15 is 0 Å². The number of amides is 5. The minimum absolute atomic E-state index is 0.0204. The molecule has 0 saturated heterocycles. The van der Waals surface area contributed by atoms with E-state index in [0.29, 0.717) is 19.4 Å². The van der Waals surface area contributed by atoms with Gasteiger partial charge in [0.05, 0.1) is 25.7 Å². The third-order valence-electron chi connectivity index (χ3n) is 5.93. The first-order valence-electron chi connectivity index (χ1n) is 13.4. The smallest absolute Gasteiger partial charge is 0.326 e. The van der Waals surface area contributed by atoms with Crippen LogP contribution in [0.15, 0.2) is 0 Å². The van der Waals surface area contributed by atoms with Crippen molar-refractivity contribution >= 4 is 47.4 Å². The number of hydrogen-bond donors (Lipinski definition) is 12. The van der Waals surface area contributed by atoms with E-state index in [1.807, 2.05) is 10.6 Å². The minimum Gasteiger partial charge on any atom is -0.481 e. The number of unbranched alkanes of at least 4 members (excludes halogenated alkanes) is 1. The Balaban J connectivity index is 5.37. The Morgan fingerprint density at radius 3 is 1.77 bits per heavy atom. The second kappa shape index (κ2) is 20.5. The Bertz CT molecular complexity index is 1040. The van der Waals surface area contributed by atoms with Gasteiger partial charge in [-0.05, 0) is 39.2 Å². The fraction of sp³-hybridized carbons (Fsp3) is 0.667. The lowest BCUT2D eigenvalue weighted by atomic mass is 10.1. The number of carboxylic acid groups (broad SMARTS) is 3. The maximum Gasteiger partial charge on any atom is 0.326 e. The molecule has 0 rings (SSSR count). The molecule has 0 saturated carbocycles. The van der Waals surface area contributed by atoms with Crippen LogP contribution in [0.5, 0.6) is 0 Å². The molecule has 0 heterocycles. The van der Waals surface area contributed by atoms with Crippen molar-refractivity contribution in [2.24, 2.45) is 11.5 Å². The summed E-state index contributed by atoms with van der Waals surface area (Å²) in [5.74, 6) is -9.65. The van der Waals surface area contributed by atoms with Gasteiger partial charge in [0, 0.05) is 6.42 Å². The molecule has 0 aromatic carbocycles. The van der Waals surface area contributed by atoms with Crippen LogP contribution >= 0.6 is 0 Å². The van der Waals surface area contributed by atoms with Crippen molar-refractivity contribution in [3.05, 3.63) is 0 Å². The Labute approximate surface area is 251 Å². The molecule has 0 aliphatic rings. The summed E-state index contributed by atoms with van der Waals surface area (Å²) in [4.78, 5) is 96.0. The van der Waals surface area contributed by atoms with Crippen LogP contribution in [-0.2, 0) is 38.4 Å². The molecule has 0 aliphatic carbocycles. The largest absolute Gasteiger partial charge is 0.481 e. The number of hydrogen-bond acceptors (Lipinski definition) is 12. The van der Waals surface area contributed by atoms with Crippen LogP contribution in [0.1, 0.15) is 45.4 Å². The maximum atomic E-state index is 12.7. The van der Waals surface area contributed by atoms with Gasteiger partial charge in [0.2, 0.25) is 29.5 Å². The summed E-state index contributed by atoms with van der Waals surface area (Å²) in [6.45, 7) is -0.413. The molecule has 0 aromatic heterocycles. The highest BCUT2D eigenvalue weighted by Crippen LogP contribution is 2.04. The Kier molecular flexibility index (Phi) is 18.4. The van der Waals surface area contributed by atoms with Crippen molar-refractivity contribution in [1.29, 1.82) is 0 Å². The number of nitrogens with two attached hydrogens (primary N) is 2. The highest BCUT2D eigenvalue weighted by Gasteiger charge is 2.31. The predicted octanol–water partition coefficient (Wildman–Crippen LogP) is -5.70. The van der Waals surface area contributed by atoms with Gasteiger partial charge in [-0.1, -0.05) is 0 Å². The maximum absolute atomic E-state index is 12.7. The summed E-state index contributed by atoms with van der Waals surface area (Å²) in [6, 6.07) is -7.88. The molecule has 6 atom stereocenters. The van der Waals surface area contributed by atoms with Gasteiger partial charge < -0.3 is 63.6 Å². The molecule has 6 unspecified atom stereocenters. The molecular weight excluding hydrogens is 594 g/mol. The number of carbonyl (C=O) groups is 8. The molecule has 0 radical (unpaired) electrons. The average Bonchev–Trinajstić information content (AvgIpc) is 2.94. The highest BCUT2D eigenvalue weighted by atomic mass is 16.4. The molecule has 20 nitrogen and oxygen atoms in total. The summed E-state index contributed by atoms with van der Waals surface area (Å²) >= 11 is 0. The van der Waals surface area contributed by atoms with E-state index in [9.17, 15) is 53.7 Å². The summed E-state index contributed by atoms with van der Waals surface area (Å²) in [5.41, 5.74) is 10.8. The molecule has 44 heavy (non-hydrogen) atoms. The molecule has 0 spiro atoms. The van der Waals surface area contributed by atoms with E-state index in [4.69, 9.17) is 21.7 Å². The standard InChI is InChI=1S/C24H41N7O13/c1-11(33)19(26)23(42)30-14(8-18(37)38)22(41)31-15(10-32)20(39)27-9-16(34)28-12(5-6-17(35)36)21(40)29-13(24(43)44)4-2-3-7-25/h11-15,19,32-33H,2-10,25-26H2,1H3,(H,27,39)(H,28,34)(H,29,40)(H,30,42)(H,31,41)(H,35,36)(H,37,38)(H,43,44). The average molecular weight is 636 g/mol. The van der Waals surface area contributed by atoms with Crippen LogP contribution in [0.3, 0.4) is 0 Å². The lowest BCUT2D eigenvalue weighted by Gasteiger charge is -2.23. The predicted molar refractivity (Wildman–Crippen MR) is 147 cm³/mol. The SMILES string of the molecule is CC(O)C(N)C(=O)NC(CC(=O)O)C(=O)NC(CO)C(=O)NCC(=O)NC(CCC(=O)O)C(=O)NC(CCCCN)C(=O)O. The third kappa shape index (κ3) is 15.7. The number of aliphatic carboxylic acids is 3. The molecule has 0 aliphatic heterocycles. The zero-order valence-corrected chi connectivity index (χ0v) is 24.0. The number of aliphatic hydroxyl groups is 2.